The van der Waals surface area contributed by atoms with Gasteiger partial charge in [-0.2, -0.15) is 0 Å². The van der Waals surface area contributed by atoms with Crippen molar-refractivity contribution in [3.63, 3.8) is 0 Å². The molecule has 2 aromatic rings. The Balaban J connectivity index is 1.45. The maximum atomic E-state index is 12.1. The van der Waals surface area contributed by atoms with E-state index in [1.54, 1.807) is 6.20 Å². The Morgan fingerprint density at radius 2 is 1.93 bits per heavy atom. The average Bonchev–Trinajstić information content (AvgIpc) is 2.67. The fourth-order valence-corrected chi connectivity index (χ4v) is 4.39. The van der Waals surface area contributed by atoms with E-state index in [0.29, 0.717) is 29.3 Å². The van der Waals surface area contributed by atoms with E-state index in [9.17, 15) is 4.79 Å². The lowest BCUT2D eigenvalue weighted by Gasteiger charge is -2.35. The molecular weight excluding hydrogens is 392 g/mol. The van der Waals surface area contributed by atoms with E-state index in [4.69, 9.17) is 11.6 Å². The fraction of sp³-hybridized carbons (Fsp3) is 0.476. The lowest BCUT2D eigenvalue weighted by Crippen LogP contribution is -2.39. The average molecular weight is 419 g/mol. The van der Waals surface area contributed by atoms with Crippen molar-refractivity contribution in [2.45, 2.75) is 31.8 Å². The lowest BCUT2D eigenvalue weighted by molar-refractivity contribution is -0.118. The minimum absolute atomic E-state index is 0.00631. The van der Waals surface area contributed by atoms with Gasteiger partial charge < -0.3 is 10.2 Å². The third-order valence-electron chi connectivity index (χ3n) is 4.79. The van der Waals surface area contributed by atoms with Crippen LogP contribution in [0.2, 0.25) is 5.02 Å². The van der Waals surface area contributed by atoms with Crippen LogP contribution in [0.3, 0.4) is 0 Å². The van der Waals surface area contributed by atoms with E-state index in [2.05, 4.69) is 34.0 Å². The molecule has 7 heteroatoms. The summed E-state index contributed by atoms with van der Waals surface area (Å²) in [6.07, 6.45) is 3.83. The molecule has 5 nitrogen and oxygen atoms in total. The Hall–Kier alpha value is -1.79. The predicted octanol–water partition coefficient (Wildman–Crippen LogP) is 4.06. The molecule has 1 saturated heterocycles. The number of halogens is 1. The molecule has 0 spiro atoms. The van der Waals surface area contributed by atoms with Crippen molar-refractivity contribution in [1.82, 2.24) is 15.3 Å². The first-order valence-electron chi connectivity index (χ1n) is 9.71. The Kier molecular flexibility index (Phi) is 7.57. The molecule has 0 saturated carbocycles. The van der Waals surface area contributed by atoms with Crippen LogP contribution in [0.5, 0.6) is 0 Å². The molecular formula is C21H27ClN4OS. The van der Waals surface area contributed by atoms with Gasteiger partial charge in [-0.3, -0.25) is 4.79 Å². The summed E-state index contributed by atoms with van der Waals surface area (Å²) < 4.78 is 0. The van der Waals surface area contributed by atoms with Crippen molar-refractivity contribution in [2.24, 2.45) is 11.8 Å². The highest BCUT2D eigenvalue weighted by Crippen LogP contribution is 2.26. The number of carbonyl (C=O) groups excluding carboxylic acids is 1. The summed E-state index contributed by atoms with van der Waals surface area (Å²) >= 11 is 7.26. The maximum absolute atomic E-state index is 12.1. The van der Waals surface area contributed by atoms with Crippen LogP contribution in [0.15, 0.2) is 41.7 Å². The second kappa shape index (κ2) is 10.1. The molecule has 2 atom stereocenters. The first kappa shape index (κ1) is 20.9. The summed E-state index contributed by atoms with van der Waals surface area (Å²) in [5.41, 5.74) is 1.15. The first-order chi connectivity index (χ1) is 13.5. The number of hydrogen-bond acceptors (Lipinski definition) is 5. The molecule has 0 unspecified atom stereocenters. The van der Waals surface area contributed by atoms with Gasteiger partial charge in [0.2, 0.25) is 5.91 Å². The second-order valence-corrected chi connectivity index (χ2v) is 8.94. The largest absolute Gasteiger partial charge is 0.356 e. The molecule has 0 bridgehead atoms. The maximum Gasteiger partial charge on any atom is 0.230 e. The number of hydrogen-bond donors (Lipinski definition) is 1. The molecule has 1 amide bonds. The summed E-state index contributed by atoms with van der Waals surface area (Å²) in [6.45, 7) is 7.22. The number of rotatable bonds is 7. The SMILES string of the molecule is C[C@@H]1C[C@H](C)CN(c2ccnc(SCC(=O)NCCc3ccc(Cl)cc3)n2)C1. The van der Waals surface area contributed by atoms with Crippen LogP contribution >= 0.6 is 23.4 Å². The third-order valence-corrected chi connectivity index (χ3v) is 5.91. The van der Waals surface area contributed by atoms with Crippen LogP contribution in [0.25, 0.3) is 0 Å². The van der Waals surface area contributed by atoms with Crippen LogP contribution in [-0.2, 0) is 11.2 Å². The van der Waals surface area contributed by atoms with Gasteiger partial charge in [-0.05, 0) is 48.4 Å². The summed E-state index contributed by atoms with van der Waals surface area (Å²) in [7, 11) is 0. The van der Waals surface area contributed by atoms with Gasteiger partial charge in [0.15, 0.2) is 5.16 Å². The number of piperidine rings is 1. The number of anilines is 1. The van der Waals surface area contributed by atoms with Gasteiger partial charge in [-0.1, -0.05) is 49.3 Å². The van der Waals surface area contributed by atoms with Crippen LogP contribution in [-0.4, -0.2) is 41.3 Å². The molecule has 1 aromatic heterocycles. The predicted molar refractivity (Wildman–Crippen MR) is 116 cm³/mol. The second-order valence-electron chi connectivity index (χ2n) is 7.56. The highest BCUT2D eigenvalue weighted by molar-refractivity contribution is 7.99. The molecule has 150 valence electrons. The monoisotopic (exact) mass is 418 g/mol. The minimum atomic E-state index is -0.00631. The van der Waals surface area contributed by atoms with Crippen LogP contribution in [0, 0.1) is 11.8 Å². The number of amides is 1. The zero-order valence-electron chi connectivity index (χ0n) is 16.4. The fourth-order valence-electron chi connectivity index (χ4n) is 3.61. The van der Waals surface area contributed by atoms with Crippen molar-refractivity contribution in [2.75, 3.05) is 30.3 Å². The van der Waals surface area contributed by atoms with Gasteiger partial charge in [0.25, 0.3) is 0 Å². The molecule has 2 heterocycles. The van der Waals surface area contributed by atoms with E-state index in [1.807, 2.05) is 30.3 Å². The summed E-state index contributed by atoms with van der Waals surface area (Å²) in [6, 6.07) is 9.64. The zero-order valence-corrected chi connectivity index (χ0v) is 18.0. The lowest BCUT2D eigenvalue weighted by atomic mass is 9.92. The van der Waals surface area contributed by atoms with Crippen molar-refractivity contribution >= 4 is 35.1 Å². The first-order valence-corrected chi connectivity index (χ1v) is 11.1. The molecule has 0 aliphatic carbocycles. The normalized spacial score (nSPS) is 19.5. The number of nitrogens with zero attached hydrogens (tertiary/aromatic N) is 3. The zero-order chi connectivity index (χ0) is 19.9. The van der Waals surface area contributed by atoms with Crippen LogP contribution in [0.4, 0.5) is 5.82 Å². The topological polar surface area (TPSA) is 58.1 Å². The van der Waals surface area contributed by atoms with E-state index in [-0.39, 0.29) is 5.91 Å². The smallest absolute Gasteiger partial charge is 0.230 e. The van der Waals surface area contributed by atoms with Gasteiger partial charge in [0, 0.05) is 30.9 Å². The van der Waals surface area contributed by atoms with Crippen molar-refractivity contribution in [1.29, 1.82) is 0 Å². The Morgan fingerprint density at radius 1 is 1.21 bits per heavy atom. The van der Waals surface area contributed by atoms with Gasteiger partial charge in [0.05, 0.1) is 5.75 Å². The standard InChI is InChI=1S/C21H27ClN4OS/c1-15-11-16(2)13-26(12-15)19-8-10-24-21(25-19)28-14-20(27)23-9-7-17-3-5-18(22)6-4-17/h3-6,8,10,15-16H,7,9,11-14H2,1-2H3,(H,23,27)/t15-,16+. The van der Waals surface area contributed by atoms with Crippen LogP contribution < -0.4 is 10.2 Å². The molecule has 1 aliphatic heterocycles. The van der Waals surface area contributed by atoms with E-state index in [1.165, 1.54) is 18.2 Å². The van der Waals surface area contributed by atoms with Gasteiger partial charge >= 0.3 is 0 Å². The third kappa shape index (κ3) is 6.38. The molecule has 1 N–H and O–H groups in total. The number of benzene rings is 1. The van der Waals surface area contributed by atoms with Gasteiger partial charge in [-0.15, -0.1) is 0 Å². The molecule has 1 aromatic carbocycles. The Bertz CT molecular complexity index is 776. The van der Waals surface area contributed by atoms with Gasteiger partial charge in [0.1, 0.15) is 5.82 Å². The molecule has 3 rings (SSSR count). The summed E-state index contributed by atoms with van der Waals surface area (Å²) in [5.74, 6) is 2.60. The molecule has 28 heavy (non-hydrogen) atoms. The van der Waals surface area contributed by atoms with Gasteiger partial charge in [-0.25, -0.2) is 9.97 Å². The van der Waals surface area contributed by atoms with Crippen molar-refractivity contribution in [3.05, 3.63) is 47.1 Å². The highest BCUT2D eigenvalue weighted by Gasteiger charge is 2.23. The quantitative estimate of drug-likeness (QED) is 0.542. The molecule has 1 fully saturated rings. The number of thioether (sulfide) groups is 1. The molecule has 0 radical (unpaired) electrons. The minimum Gasteiger partial charge on any atom is -0.356 e. The Morgan fingerprint density at radius 3 is 2.64 bits per heavy atom. The number of nitrogens with one attached hydrogen (secondary N) is 1. The number of carbonyl (C=O) groups is 1. The Labute approximate surface area is 176 Å². The van der Waals surface area contributed by atoms with Crippen molar-refractivity contribution in [3.8, 4) is 0 Å². The van der Waals surface area contributed by atoms with E-state index < -0.39 is 0 Å². The highest BCUT2D eigenvalue weighted by atomic mass is 35.5. The molecule has 1 aliphatic rings. The van der Waals surface area contributed by atoms with Crippen molar-refractivity contribution < 1.29 is 4.79 Å². The number of aromatic nitrogens is 2. The summed E-state index contributed by atoms with van der Waals surface area (Å²) in [4.78, 5) is 23.4. The van der Waals surface area contributed by atoms with Crippen LogP contribution in [0.1, 0.15) is 25.8 Å². The van der Waals surface area contributed by atoms with E-state index in [0.717, 1.165) is 35.9 Å². The summed E-state index contributed by atoms with van der Waals surface area (Å²) in [5, 5.41) is 4.32. The van der Waals surface area contributed by atoms with E-state index >= 15 is 0 Å².